The number of ketones is 1. The average molecular weight is 477 g/mol. The van der Waals surface area contributed by atoms with Crippen molar-refractivity contribution in [3.63, 3.8) is 0 Å². The van der Waals surface area contributed by atoms with Crippen LogP contribution in [0.2, 0.25) is 0 Å². The van der Waals surface area contributed by atoms with Crippen molar-refractivity contribution in [3.05, 3.63) is 64.7 Å². The van der Waals surface area contributed by atoms with E-state index < -0.39 is 23.1 Å². The van der Waals surface area contributed by atoms with E-state index in [1.54, 1.807) is 48.4 Å². The Morgan fingerprint density at radius 2 is 1.97 bits per heavy atom. The van der Waals surface area contributed by atoms with Crippen LogP contribution in [-0.2, 0) is 24.7 Å². The monoisotopic (exact) mass is 476 g/mol. The van der Waals surface area contributed by atoms with Gasteiger partial charge in [0.05, 0.1) is 24.5 Å². The van der Waals surface area contributed by atoms with Crippen LogP contribution < -0.4 is 9.64 Å². The topological polar surface area (TPSA) is 96.4 Å². The first-order chi connectivity index (χ1) is 16.9. The molecule has 1 spiro atoms. The van der Waals surface area contributed by atoms with Crippen molar-refractivity contribution in [1.29, 1.82) is 0 Å². The van der Waals surface area contributed by atoms with Gasteiger partial charge in [-0.25, -0.2) is 0 Å². The van der Waals surface area contributed by atoms with Gasteiger partial charge in [-0.3, -0.25) is 14.4 Å². The highest BCUT2D eigenvalue weighted by molar-refractivity contribution is 6.50. The molecule has 0 aliphatic carbocycles. The molecule has 8 heteroatoms. The van der Waals surface area contributed by atoms with Gasteiger partial charge in [0, 0.05) is 30.8 Å². The molecule has 5 rings (SSSR count). The number of aliphatic hydroxyl groups excluding tert-OH is 1. The quantitative estimate of drug-likeness (QED) is 0.405. The average Bonchev–Trinajstić information content (AvgIpc) is 3.52. The molecule has 2 fully saturated rings. The molecule has 2 unspecified atom stereocenters. The van der Waals surface area contributed by atoms with Crippen molar-refractivity contribution >= 4 is 29.0 Å². The zero-order valence-electron chi connectivity index (χ0n) is 20.0. The van der Waals surface area contributed by atoms with Crippen LogP contribution in [0.1, 0.15) is 36.5 Å². The second-order valence-corrected chi connectivity index (χ2v) is 9.06. The Labute approximate surface area is 203 Å². The molecule has 2 aromatic rings. The van der Waals surface area contributed by atoms with Gasteiger partial charge in [0.2, 0.25) is 0 Å². The number of amides is 2. The Bertz CT molecular complexity index is 1260. The zero-order chi connectivity index (χ0) is 24.9. The number of nitrogens with zero attached hydrogens (tertiary/aromatic N) is 2. The fourth-order valence-electron chi connectivity index (χ4n) is 5.59. The molecule has 3 heterocycles. The summed E-state index contributed by atoms with van der Waals surface area (Å²) in [5, 5.41) is 11.5. The maximum atomic E-state index is 14.2. The summed E-state index contributed by atoms with van der Waals surface area (Å²) in [6.45, 7) is 4.66. The van der Waals surface area contributed by atoms with E-state index >= 15 is 0 Å². The Hall–Kier alpha value is -3.65. The Kier molecular flexibility index (Phi) is 5.63. The fourth-order valence-corrected chi connectivity index (χ4v) is 5.59. The normalized spacial score (nSPS) is 25.1. The number of likely N-dealkylation sites (N-methyl/N-ethyl adjacent to an activating group) is 1. The van der Waals surface area contributed by atoms with Gasteiger partial charge in [0.25, 0.3) is 17.6 Å². The van der Waals surface area contributed by atoms with Crippen molar-refractivity contribution in [2.45, 2.75) is 38.3 Å². The predicted molar refractivity (Wildman–Crippen MR) is 129 cm³/mol. The second kappa shape index (κ2) is 8.53. The molecule has 0 bridgehead atoms. The number of methoxy groups -OCH3 is 1. The Morgan fingerprint density at radius 3 is 2.63 bits per heavy atom. The first-order valence-corrected chi connectivity index (χ1v) is 11.8. The van der Waals surface area contributed by atoms with Crippen molar-refractivity contribution < 1.29 is 29.0 Å². The summed E-state index contributed by atoms with van der Waals surface area (Å²) in [6, 6.07) is 12.1. The van der Waals surface area contributed by atoms with E-state index in [-0.39, 0.29) is 24.0 Å². The number of likely N-dealkylation sites (tertiary alicyclic amines) is 1. The summed E-state index contributed by atoms with van der Waals surface area (Å²) in [5.74, 6) is -1.88. The molecule has 0 aromatic heterocycles. The van der Waals surface area contributed by atoms with E-state index in [9.17, 15) is 19.5 Å². The lowest BCUT2D eigenvalue weighted by Gasteiger charge is -2.35. The van der Waals surface area contributed by atoms with Gasteiger partial charge in [-0.1, -0.05) is 18.2 Å². The summed E-state index contributed by atoms with van der Waals surface area (Å²) in [4.78, 5) is 44.2. The number of rotatable bonds is 5. The minimum atomic E-state index is -1.76. The molecular formula is C27H28N2O6. The number of hydrogen-bond acceptors (Lipinski definition) is 6. The van der Waals surface area contributed by atoms with Gasteiger partial charge in [-0.15, -0.1) is 0 Å². The summed E-state index contributed by atoms with van der Waals surface area (Å²) >= 11 is 0. The lowest BCUT2D eigenvalue weighted by Crippen LogP contribution is -2.53. The second-order valence-electron chi connectivity index (χ2n) is 9.06. The Balaban J connectivity index is 1.79. The minimum Gasteiger partial charge on any atom is -0.507 e. The molecule has 2 saturated heterocycles. The first-order valence-electron chi connectivity index (χ1n) is 11.8. The van der Waals surface area contributed by atoms with Crippen LogP contribution >= 0.6 is 0 Å². The van der Waals surface area contributed by atoms with Crippen LogP contribution in [0, 0.1) is 6.92 Å². The SMILES string of the molecule is CCN1C(=O)C2(/C(=C(\O)c3ccc(OC)c(C)c3)C(=O)C(=O)N2CC2CCCO2)c2ccccc21. The third-order valence-corrected chi connectivity index (χ3v) is 7.20. The van der Waals surface area contributed by atoms with Crippen molar-refractivity contribution in [3.8, 4) is 5.75 Å². The smallest absolute Gasteiger partial charge is 0.296 e. The standard InChI is InChI=1S/C27H28N2O6/c1-4-28-20-10-6-5-9-19(20)27(26(28)33)22(23(30)17-11-12-21(34-3)16(2)14-17)24(31)25(32)29(27)15-18-8-7-13-35-18/h5-6,9-12,14,18,30H,4,7-8,13,15H2,1-3H3/b23-22-. The van der Waals surface area contributed by atoms with E-state index in [0.717, 1.165) is 18.4 Å². The summed E-state index contributed by atoms with van der Waals surface area (Å²) in [6.07, 6.45) is 1.28. The largest absolute Gasteiger partial charge is 0.507 e. The molecule has 0 saturated carbocycles. The molecular weight excluding hydrogens is 448 g/mol. The van der Waals surface area contributed by atoms with Crippen LogP contribution in [0.25, 0.3) is 5.76 Å². The van der Waals surface area contributed by atoms with Gasteiger partial charge >= 0.3 is 0 Å². The molecule has 8 nitrogen and oxygen atoms in total. The minimum absolute atomic E-state index is 0.0840. The lowest BCUT2D eigenvalue weighted by atomic mass is 9.81. The maximum Gasteiger partial charge on any atom is 0.296 e. The molecule has 2 amide bonds. The van der Waals surface area contributed by atoms with Crippen LogP contribution in [0.5, 0.6) is 5.75 Å². The molecule has 2 aromatic carbocycles. The summed E-state index contributed by atoms with van der Waals surface area (Å²) in [7, 11) is 1.55. The number of aliphatic hydroxyl groups is 1. The molecule has 2 atom stereocenters. The molecule has 35 heavy (non-hydrogen) atoms. The molecule has 3 aliphatic rings. The number of fused-ring (bicyclic) bond motifs is 2. The van der Waals surface area contributed by atoms with Gasteiger partial charge in [0.15, 0.2) is 5.54 Å². The zero-order valence-corrected chi connectivity index (χ0v) is 20.0. The van der Waals surface area contributed by atoms with E-state index in [1.165, 1.54) is 4.90 Å². The Morgan fingerprint density at radius 1 is 1.20 bits per heavy atom. The third kappa shape index (κ3) is 3.20. The third-order valence-electron chi connectivity index (χ3n) is 7.20. The van der Waals surface area contributed by atoms with Crippen LogP contribution in [0.15, 0.2) is 48.0 Å². The van der Waals surface area contributed by atoms with E-state index in [2.05, 4.69) is 0 Å². The number of para-hydroxylation sites is 1. The molecule has 182 valence electrons. The van der Waals surface area contributed by atoms with E-state index in [4.69, 9.17) is 9.47 Å². The lowest BCUT2D eigenvalue weighted by molar-refractivity contribution is -0.145. The number of carbonyl (C=O) groups is 3. The molecule has 3 aliphatic heterocycles. The number of benzene rings is 2. The number of anilines is 1. The van der Waals surface area contributed by atoms with Gasteiger partial charge in [0.1, 0.15) is 11.5 Å². The van der Waals surface area contributed by atoms with Crippen LogP contribution in [-0.4, -0.2) is 60.5 Å². The van der Waals surface area contributed by atoms with Crippen molar-refractivity contribution in [1.82, 2.24) is 4.90 Å². The van der Waals surface area contributed by atoms with Crippen molar-refractivity contribution in [2.24, 2.45) is 0 Å². The highest BCUT2D eigenvalue weighted by Crippen LogP contribution is 2.53. The number of hydrogen-bond donors (Lipinski definition) is 1. The highest BCUT2D eigenvalue weighted by atomic mass is 16.5. The number of ether oxygens (including phenoxy) is 2. The number of aryl methyl sites for hydroxylation is 1. The van der Waals surface area contributed by atoms with Crippen LogP contribution in [0.3, 0.4) is 0 Å². The highest BCUT2D eigenvalue weighted by Gasteiger charge is 2.67. The van der Waals surface area contributed by atoms with Crippen LogP contribution in [0.4, 0.5) is 5.69 Å². The molecule has 0 radical (unpaired) electrons. The summed E-state index contributed by atoms with van der Waals surface area (Å²) in [5.41, 5.74) is 0.237. The number of Topliss-reactive ketones (excluding diaryl/α,β-unsaturated/α-hetero) is 1. The summed E-state index contributed by atoms with van der Waals surface area (Å²) < 4.78 is 11.1. The molecule has 1 N–H and O–H groups in total. The number of carbonyl (C=O) groups excluding carboxylic acids is 3. The van der Waals surface area contributed by atoms with Gasteiger partial charge < -0.3 is 24.4 Å². The maximum absolute atomic E-state index is 14.2. The van der Waals surface area contributed by atoms with Gasteiger partial charge in [-0.2, -0.15) is 0 Å². The van der Waals surface area contributed by atoms with Gasteiger partial charge in [-0.05, 0) is 56.5 Å². The van der Waals surface area contributed by atoms with Crippen molar-refractivity contribution in [2.75, 3.05) is 31.7 Å². The van der Waals surface area contributed by atoms with E-state index in [0.29, 0.717) is 35.7 Å². The fraction of sp³-hybridized carbons (Fsp3) is 0.370. The predicted octanol–water partition coefficient (Wildman–Crippen LogP) is 3.13. The van der Waals surface area contributed by atoms with E-state index in [1.807, 2.05) is 19.9 Å². The first kappa shape index (κ1) is 23.1.